The lowest BCUT2D eigenvalue weighted by molar-refractivity contribution is -0.384. The molecule has 116 valence electrons. The number of nitro benzene ring substituents is 1. The average molecular weight is 318 g/mol. The summed E-state index contributed by atoms with van der Waals surface area (Å²) in [7, 11) is 0. The van der Waals surface area contributed by atoms with E-state index in [9.17, 15) is 14.9 Å². The molecule has 6 heteroatoms. The van der Waals surface area contributed by atoms with Crippen molar-refractivity contribution in [2.75, 3.05) is 0 Å². The van der Waals surface area contributed by atoms with Gasteiger partial charge in [0.05, 0.1) is 16.0 Å². The maximum atomic E-state index is 12.1. The largest absolute Gasteiger partial charge is 0.421 e. The van der Waals surface area contributed by atoms with Crippen molar-refractivity contribution in [3.63, 3.8) is 0 Å². The van der Waals surface area contributed by atoms with Gasteiger partial charge in [-0.1, -0.05) is 18.2 Å². The summed E-state index contributed by atoms with van der Waals surface area (Å²) in [6, 6.07) is 15.3. The highest BCUT2D eigenvalue weighted by Gasteiger charge is 2.28. The third-order valence-corrected chi connectivity index (χ3v) is 3.78. The molecule has 3 aromatic rings. The second-order valence-corrected chi connectivity index (χ2v) is 5.32. The molecule has 1 aliphatic heterocycles. The fourth-order valence-corrected chi connectivity index (χ4v) is 2.60. The molecule has 2 heterocycles. The molecular weight excluding hydrogens is 308 g/mol. The molecule has 0 aliphatic carbocycles. The number of non-ortho nitro benzene ring substituents is 1. The normalized spacial score (nSPS) is 14.7. The molecular formula is C18H10N2O4. The van der Waals surface area contributed by atoms with Crippen molar-refractivity contribution in [2.45, 2.75) is 0 Å². The summed E-state index contributed by atoms with van der Waals surface area (Å²) in [4.78, 5) is 26.8. The molecule has 0 saturated carbocycles. The Labute approximate surface area is 136 Å². The number of hydrogen-bond donors (Lipinski definition) is 0. The summed E-state index contributed by atoms with van der Waals surface area (Å²) in [5.74, 6) is -0.106. The number of fused-ring (bicyclic) bond motifs is 2. The van der Waals surface area contributed by atoms with E-state index >= 15 is 0 Å². The predicted octanol–water partition coefficient (Wildman–Crippen LogP) is 3.81. The minimum absolute atomic E-state index is 0.00471. The summed E-state index contributed by atoms with van der Waals surface area (Å²) < 4.78 is 5.31. The highest BCUT2D eigenvalue weighted by Crippen LogP contribution is 2.32. The van der Waals surface area contributed by atoms with Gasteiger partial charge in [0.1, 0.15) is 5.69 Å². The Kier molecular flexibility index (Phi) is 3.09. The van der Waals surface area contributed by atoms with Crippen LogP contribution in [-0.4, -0.2) is 15.9 Å². The smallest absolute Gasteiger partial charge is 0.345 e. The van der Waals surface area contributed by atoms with Gasteiger partial charge in [0.2, 0.25) is 0 Å². The van der Waals surface area contributed by atoms with Crippen molar-refractivity contribution in [2.24, 2.45) is 0 Å². The molecule has 0 N–H and O–H groups in total. The van der Waals surface area contributed by atoms with Gasteiger partial charge in [-0.3, -0.25) is 10.1 Å². The Balaban J connectivity index is 1.80. The quantitative estimate of drug-likeness (QED) is 0.407. The highest BCUT2D eigenvalue weighted by atomic mass is 16.6. The van der Waals surface area contributed by atoms with Crippen LogP contribution in [0.4, 0.5) is 5.69 Å². The van der Waals surface area contributed by atoms with Crippen molar-refractivity contribution >= 4 is 34.4 Å². The van der Waals surface area contributed by atoms with Crippen LogP contribution in [0.2, 0.25) is 0 Å². The number of rotatable bonds is 2. The summed E-state index contributed by atoms with van der Waals surface area (Å²) in [6.07, 6.45) is 1.65. The number of esters is 1. The molecule has 0 spiro atoms. The summed E-state index contributed by atoms with van der Waals surface area (Å²) in [6.45, 7) is 0. The van der Waals surface area contributed by atoms with Gasteiger partial charge in [-0.15, -0.1) is 0 Å². The van der Waals surface area contributed by atoms with E-state index in [0.717, 1.165) is 10.9 Å². The van der Waals surface area contributed by atoms with Gasteiger partial charge in [0.15, 0.2) is 5.76 Å². The Morgan fingerprint density at radius 2 is 1.83 bits per heavy atom. The first-order valence-corrected chi connectivity index (χ1v) is 7.20. The Bertz CT molecular complexity index is 1020. The van der Waals surface area contributed by atoms with Gasteiger partial charge in [-0.05, 0) is 35.9 Å². The maximum absolute atomic E-state index is 12.1. The molecule has 0 atom stereocenters. The average Bonchev–Trinajstić information content (AvgIpc) is 2.89. The molecule has 4 rings (SSSR count). The van der Waals surface area contributed by atoms with Crippen molar-refractivity contribution in [1.82, 2.24) is 4.98 Å². The standard InChI is InChI=1S/C18H10N2O4/c21-18-14-10-12-3-1-2-4-15(12)19-17(14)16(24-18)9-11-5-7-13(8-6-11)20(22)23/h1-10H/b16-9-. The van der Waals surface area contributed by atoms with E-state index < -0.39 is 10.9 Å². The van der Waals surface area contributed by atoms with Crippen molar-refractivity contribution in [3.8, 4) is 0 Å². The second kappa shape index (κ2) is 5.27. The summed E-state index contributed by atoms with van der Waals surface area (Å²) in [5, 5.41) is 11.6. The van der Waals surface area contributed by atoms with E-state index in [1.54, 1.807) is 24.3 Å². The van der Waals surface area contributed by atoms with Gasteiger partial charge in [0, 0.05) is 17.5 Å². The number of pyridine rings is 1. The van der Waals surface area contributed by atoms with Crippen LogP contribution < -0.4 is 0 Å². The van der Waals surface area contributed by atoms with Crippen molar-refractivity contribution in [1.29, 1.82) is 0 Å². The number of ether oxygens (including phenoxy) is 1. The topological polar surface area (TPSA) is 82.3 Å². The Hall–Kier alpha value is -3.54. The number of aromatic nitrogens is 1. The molecule has 1 aliphatic rings. The van der Waals surface area contributed by atoms with Crippen molar-refractivity contribution in [3.05, 3.63) is 81.5 Å². The molecule has 0 radical (unpaired) electrons. The molecule has 6 nitrogen and oxygen atoms in total. The van der Waals surface area contributed by atoms with E-state index in [4.69, 9.17) is 4.74 Å². The van der Waals surface area contributed by atoms with Crippen LogP contribution in [0.1, 0.15) is 21.6 Å². The summed E-state index contributed by atoms with van der Waals surface area (Å²) in [5.41, 5.74) is 2.36. The summed E-state index contributed by atoms with van der Waals surface area (Å²) >= 11 is 0. The van der Waals surface area contributed by atoms with Crippen LogP contribution in [0.5, 0.6) is 0 Å². The van der Waals surface area contributed by atoms with E-state index in [1.165, 1.54) is 12.1 Å². The van der Waals surface area contributed by atoms with Gasteiger partial charge in [0.25, 0.3) is 5.69 Å². The van der Waals surface area contributed by atoms with Crippen molar-refractivity contribution < 1.29 is 14.5 Å². The first-order valence-electron chi connectivity index (χ1n) is 7.20. The molecule has 24 heavy (non-hydrogen) atoms. The number of nitro groups is 1. The fraction of sp³-hybridized carbons (Fsp3) is 0. The lowest BCUT2D eigenvalue weighted by atomic mass is 10.1. The zero-order valence-corrected chi connectivity index (χ0v) is 12.3. The second-order valence-electron chi connectivity index (χ2n) is 5.32. The van der Waals surface area contributed by atoms with Crippen LogP contribution in [0.3, 0.4) is 0 Å². The van der Waals surface area contributed by atoms with E-state index in [-0.39, 0.29) is 5.69 Å². The highest BCUT2D eigenvalue weighted by molar-refractivity contribution is 6.07. The third-order valence-electron chi connectivity index (χ3n) is 3.78. The number of benzene rings is 2. The molecule has 0 unspecified atom stereocenters. The zero-order valence-electron chi connectivity index (χ0n) is 12.3. The lowest BCUT2D eigenvalue weighted by Crippen LogP contribution is -1.94. The van der Waals surface area contributed by atoms with E-state index in [2.05, 4.69) is 4.98 Å². The van der Waals surface area contributed by atoms with Gasteiger partial charge < -0.3 is 4.74 Å². The SMILES string of the molecule is O=C1O/C(=C\c2ccc([N+](=O)[O-])cc2)c2nc3ccccc3cc21. The van der Waals surface area contributed by atoms with Crippen LogP contribution in [0.15, 0.2) is 54.6 Å². The first kappa shape index (κ1) is 14.1. The molecule has 0 fully saturated rings. The van der Waals surface area contributed by atoms with Crippen LogP contribution in [0, 0.1) is 10.1 Å². The number of carbonyl (C=O) groups is 1. The van der Waals surface area contributed by atoms with Crippen LogP contribution >= 0.6 is 0 Å². The minimum Gasteiger partial charge on any atom is -0.421 e. The number of carbonyl (C=O) groups excluding carboxylic acids is 1. The molecule has 0 bridgehead atoms. The zero-order chi connectivity index (χ0) is 16.7. The monoisotopic (exact) mass is 318 g/mol. The van der Waals surface area contributed by atoms with Gasteiger partial charge in [-0.25, -0.2) is 9.78 Å². The molecule has 2 aromatic carbocycles. The lowest BCUT2D eigenvalue weighted by Gasteiger charge is -2.01. The number of cyclic esters (lactones) is 1. The number of hydrogen-bond acceptors (Lipinski definition) is 5. The van der Waals surface area contributed by atoms with Crippen LogP contribution in [-0.2, 0) is 4.74 Å². The fourth-order valence-electron chi connectivity index (χ4n) is 2.60. The predicted molar refractivity (Wildman–Crippen MR) is 88.1 cm³/mol. The van der Waals surface area contributed by atoms with Gasteiger partial charge in [-0.2, -0.15) is 0 Å². The first-order chi connectivity index (χ1) is 11.6. The number of para-hydroxylation sites is 1. The van der Waals surface area contributed by atoms with Gasteiger partial charge >= 0.3 is 5.97 Å². The van der Waals surface area contributed by atoms with Crippen LogP contribution in [0.25, 0.3) is 22.7 Å². The van der Waals surface area contributed by atoms with E-state index in [0.29, 0.717) is 22.6 Å². The third kappa shape index (κ3) is 2.30. The number of nitrogens with zero attached hydrogens (tertiary/aromatic N) is 2. The Morgan fingerprint density at radius 3 is 2.58 bits per heavy atom. The minimum atomic E-state index is -0.463. The maximum Gasteiger partial charge on any atom is 0.345 e. The molecule has 0 saturated heterocycles. The van der Waals surface area contributed by atoms with E-state index in [1.807, 2.05) is 24.3 Å². The molecule has 0 amide bonds. The Morgan fingerprint density at radius 1 is 1.08 bits per heavy atom. The molecule has 1 aromatic heterocycles.